The molecule has 26 heavy (non-hydrogen) atoms. The van der Waals surface area contributed by atoms with Crippen LogP contribution in [0.4, 0.5) is 4.79 Å². The Balaban J connectivity index is 2.07. The second-order valence-electron chi connectivity index (χ2n) is 6.18. The average Bonchev–Trinajstić information content (AvgIpc) is 2.65. The minimum Gasteiger partial charge on any atom is -0.444 e. The van der Waals surface area contributed by atoms with Gasteiger partial charge in [-0.25, -0.2) is 4.79 Å². The van der Waals surface area contributed by atoms with E-state index in [1.165, 1.54) is 6.08 Å². The van der Waals surface area contributed by atoms with Crippen molar-refractivity contribution in [3.63, 3.8) is 0 Å². The zero-order valence-corrected chi connectivity index (χ0v) is 15.3. The summed E-state index contributed by atoms with van der Waals surface area (Å²) in [5.41, 5.74) is 3.25. The third-order valence-electron chi connectivity index (χ3n) is 3.89. The minimum atomic E-state index is -0.580. The molecule has 0 fully saturated rings. The highest BCUT2D eigenvalue weighted by Crippen LogP contribution is 2.14. The first kappa shape index (κ1) is 19.4. The summed E-state index contributed by atoms with van der Waals surface area (Å²) in [7, 11) is 0. The van der Waals surface area contributed by atoms with E-state index >= 15 is 0 Å². The van der Waals surface area contributed by atoms with Crippen molar-refractivity contribution in [3.05, 3.63) is 77.4 Å². The molecule has 0 atom stereocenters. The normalized spacial score (nSPS) is 11.1. The lowest BCUT2D eigenvalue weighted by Crippen LogP contribution is -2.23. The zero-order valence-electron chi connectivity index (χ0n) is 15.3. The number of hydrogen-bond acceptors (Lipinski definition) is 3. The van der Waals surface area contributed by atoms with Gasteiger partial charge in [0.25, 0.3) is 0 Å². The summed E-state index contributed by atoms with van der Waals surface area (Å²) in [5.74, 6) is -0.00853. The van der Waals surface area contributed by atoms with Crippen LogP contribution in [-0.4, -0.2) is 11.9 Å². The topological polar surface area (TPSA) is 55.4 Å². The van der Waals surface area contributed by atoms with Gasteiger partial charge in [-0.1, -0.05) is 73.5 Å². The van der Waals surface area contributed by atoms with Crippen LogP contribution >= 0.6 is 0 Å². The fraction of sp³-hybridized carbons (Fsp3) is 0.273. The van der Waals surface area contributed by atoms with Crippen molar-refractivity contribution >= 4 is 17.6 Å². The summed E-state index contributed by atoms with van der Waals surface area (Å²) >= 11 is 0. The van der Waals surface area contributed by atoms with Crippen molar-refractivity contribution < 1.29 is 14.3 Å². The first-order chi connectivity index (χ1) is 12.6. The second-order valence-corrected chi connectivity index (χ2v) is 6.18. The SMILES string of the molecule is CCCCC(=O)/C=C(\NC(=O)OCc1ccccc1)c1ccc(C)cc1. The molecule has 0 radical (unpaired) electrons. The molecule has 0 aliphatic heterocycles. The number of alkyl carbamates (subject to hydrolysis) is 1. The van der Waals surface area contributed by atoms with Gasteiger partial charge in [0, 0.05) is 12.5 Å². The van der Waals surface area contributed by atoms with Crippen LogP contribution in [0.5, 0.6) is 0 Å². The molecule has 0 heterocycles. The summed E-state index contributed by atoms with van der Waals surface area (Å²) in [6.45, 7) is 4.20. The number of ketones is 1. The van der Waals surface area contributed by atoms with E-state index in [0.717, 1.165) is 29.5 Å². The maximum Gasteiger partial charge on any atom is 0.411 e. The number of amides is 1. The van der Waals surface area contributed by atoms with Crippen molar-refractivity contribution in [2.45, 2.75) is 39.7 Å². The Bertz CT molecular complexity index is 749. The molecule has 1 N–H and O–H groups in total. The lowest BCUT2D eigenvalue weighted by molar-refractivity contribution is -0.114. The van der Waals surface area contributed by atoms with Crippen LogP contribution in [0.3, 0.4) is 0 Å². The Labute approximate surface area is 154 Å². The fourth-order valence-corrected chi connectivity index (χ4v) is 2.38. The monoisotopic (exact) mass is 351 g/mol. The first-order valence-corrected chi connectivity index (χ1v) is 8.87. The molecule has 0 spiro atoms. The number of nitrogens with one attached hydrogen (secondary N) is 1. The third-order valence-corrected chi connectivity index (χ3v) is 3.89. The second kappa shape index (κ2) is 10.2. The van der Waals surface area contributed by atoms with Crippen LogP contribution in [0.2, 0.25) is 0 Å². The van der Waals surface area contributed by atoms with E-state index in [-0.39, 0.29) is 12.4 Å². The van der Waals surface area contributed by atoms with E-state index in [0.29, 0.717) is 12.1 Å². The number of aryl methyl sites for hydroxylation is 1. The van der Waals surface area contributed by atoms with Gasteiger partial charge in [-0.15, -0.1) is 0 Å². The largest absolute Gasteiger partial charge is 0.444 e. The molecule has 136 valence electrons. The molecule has 0 unspecified atom stereocenters. The van der Waals surface area contributed by atoms with E-state index in [2.05, 4.69) is 5.32 Å². The highest BCUT2D eigenvalue weighted by molar-refractivity contribution is 5.98. The van der Waals surface area contributed by atoms with Crippen molar-refractivity contribution in [3.8, 4) is 0 Å². The molecule has 4 nitrogen and oxygen atoms in total. The number of carbonyl (C=O) groups excluding carboxylic acids is 2. The Morgan fingerprint density at radius 3 is 2.38 bits per heavy atom. The molecule has 2 aromatic carbocycles. The number of benzene rings is 2. The van der Waals surface area contributed by atoms with Crippen LogP contribution < -0.4 is 5.32 Å². The van der Waals surface area contributed by atoms with Gasteiger partial charge in [0.15, 0.2) is 5.78 Å². The standard InChI is InChI=1S/C22H25NO3/c1-3-4-10-20(24)15-21(19-13-11-17(2)12-14-19)23-22(25)26-16-18-8-6-5-7-9-18/h5-9,11-15H,3-4,10,16H2,1-2H3,(H,23,25)/b21-15-. The molecule has 1 amide bonds. The summed E-state index contributed by atoms with van der Waals surface area (Å²) in [4.78, 5) is 24.3. The van der Waals surface area contributed by atoms with E-state index in [1.54, 1.807) is 0 Å². The summed E-state index contributed by atoms with van der Waals surface area (Å²) in [6, 6.07) is 17.1. The van der Waals surface area contributed by atoms with Crippen molar-refractivity contribution in [2.75, 3.05) is 0 Å². The lowest BCUT2D eigenvalue weighted by Gasteiger charge is -2.11. The maximum absolute atomic E-state index is 12.2. The van der Waals surface area contributed by atoms with Gasteiger partial charge in [0.2, 0.25) is 0 Å². The minimum absolute atomic E-state index is 0.00853. The van der Waals surface area contributed by atoms with Gasteiger partial charge in [-0.05, 0) is 24.5 Å². The van der Waals surface area contributed by atoms with Gasteiger partial charge in [0.1, 0.15) is 6.61 Å². The van der Waals surface area contributed by atoms with Gasteiger partial charge >= 0.3 is 6.09 Å². The number of ether oxygens (including phenoxy) is 1. The van der Waals surface area contributed by atoms with Crippen LogP contribution in [-0.2, 0) is 16.1 Å². The van der Waals surface area contributed by atoms with E-state index < -0.39 is 6.09 Å². The van der Waals surface area contributed by atoms with E-state index in [9.17, 15) is 9.59 Å². The van der Waals surface area contributed by atoms with E-state index in [4.69, 9.17) is 4.74 Å². The maximum atomic E-state index is 12.2. The predicted molar refractivity (Wildman–Crippen MR) is 103 cm³/mol. The quantitative estimate of drug-likeness (QED) is 0.679. The number of allylic oxidation sites excluding steroid dienone is 1. The molecule has 2 aromatic rings. The first-order valence-electron chi connectivity index (χ1n) is 8.87. The summed E-state index contributed by atoms with van der Waals surface area (Å²) < 4.78 is 5.26. The van der Waals surface area contributed by atoms with E-state index in [1.807, 2.05) is 68.4 Å². The van der Waals surface area contributed by atoms with Crippen LogP contribution in [0.15, 0.2) is 60.7 Å². The molecule has 2 rings (SSSR count). The van der Waals surface area contributed by atoms with Crippen LogP contribution in [0.1, 0.15) is 42.9 Å². The Kier molecular flexibility index (Phi) is 7.62. The van der Waals surface area contributed by atoms with Crippen LogP contribution in [0.25, 0.3) is 5.70 Å². The molecule has 0 aromatic heterocycles. The molecule has 0 saturated carbocycles. The molecule has 0 aliphatic carbocycles. The van der Waals surface area contributed by atoms with Crippen molar-refractivity contribution in [1.82, 2.24) is 5.32 Å². The highest BCUT2D eigenvalue weighted by Gasteiger charge is 2.10. The lowest BCUT2D eigenvalue weighted by atomic mass is 10.1. The summed E-state index contributed by atoms with van der Waals surface area (Å²) in [6.07, 6.45) is 3.15. The summed E-state index contributed by atoms with van der Waals surface area (Å²) in [5, 5.41) is 2.71. The average molecular weight is 351 g/mol. The van der Waals surface area contributed by atoms with Gasteiger partial charge in [-0.2, -0.15) is 0 Å². The molecular weight excluding hydrogens is 326 g/mol. The van der Waals surface area contributed by atoms with Gasteiger partial charge in [-0.3, -0.25) is 10.1 Å². The molecule has 4 heteroatoms. The van der Waals surface area contributed by atoms with Gasteiger partial charge in [0.05, 0.1) is 5.70 Å². The van der Waals surface area contributed by atoms with Crippen LogP contribution in [0, 0.1) is 6.92 Å². The van der Waals surface area contributed by atoms with Crippen molar-refractivity contribution in [2.24, 2.45) is 0 Å². The number of hydrogen-bond donors (Lipinski definition) is 1. The molecule has 0 saturated heterocycles. The number of carbonyl (C=O) groups is 2. The molecule has 0 aliphatic rings. The number of unbranched alkanes of at least 4 members (excludes halogenated alkanes) is 1. The highest BCUT2D eigenvalue weighted by atomic mass is 16.5. The third kappa shape index (κ3) is 6.55. The Hall–Kier alpha value is -2.88. The number of rotatable bonds is 8. The fourth-order valence-electron chi connectivity index (χ4n) is 2.38. The Morgan fingerprint density at radius 1 is 1.04 bits per heavy atom. The molecule has 0 bridgehead atoms. The predicted octanol–water partition coefficient (Wildman–Crippen LogP) is 5.02. The van der Waals surface area contributed by atoms with Gasteiger partial charge < -0.3 is 4.74 Å². The zero-order chi connectivity index (χ0) is 18.8. The Morgan fingerprint density at radius 2 is 1.73 bits per heavy atom. The van der Waals surface area contributed by atoms with Crippen molar-refractivity contribution in [1.29, 1.82) is 0 Å². The smallest absolute Gasteiger partial charge is 0.411 e. The molecular formula is C22H25NO3.